The fourth-order valence-corrected chi connectivity index (χ4v) is 4.23. The van der Waals surface area contributed by atoms with E-state index in [4.69, 9.17) is 18.0 Å². The van der Waals surface area contributed by atoms with Crippen molar-refractivity contribution in [3.05, 3.63) is 12.2 Å². The molecule has 0 heterocycles. The Morgan fingerprint density at radius 2 is 1.84 bits per heavy atom. The second kappa shape index (κ2) is 10.3. The molecule has 0 saturated heterocycles. The molecule has 19 heavy (non-hydrogen) atoms. The van der Waals surface area contributed by atoms with Crippen LogP contribution in [-0.4, -0.2) is 52.4 Å². The maximum atomic E-state index is 11.2. The predicted octanol–water partition coefficient (Wildman–Crippen LogP) is 0.918. The van der Waals surface area contributed by atoms with Gasteiger partial charge in [-0.2, -0.15) is 0 Å². The lowest BCUT2D eigenvalue weighted by molar-refractivity contribution is -0.139. The molecule has 0 saturated carbocycles. The summed E-state index contributed by atoms with van der Waals surface area (Å²) in [5.41, 5.74) is 0.424. The topological polar surface area (TPSA) is 54.0 Å². The van der Waals surface area contributed by atoms with Crippen molar-refractivity contribution in [3.63, 3.8) is 0 Å². The average Bonchev–Trinajstić information content (AvgIpc) is 2.42. The highest BCUT2D eigenvalue weighted by Gasteiger charge is 2.37. The molecular formula is C12H26O5Si2. The van der Waals surface area contributed by atoms with Crippen LogP contribution in [0.25, 0.3) is 0 Å². The molecule has 0 bridgehead atoms. The molecule has 0 aromatic rings. The third kappa shape index (κ3) is 7.63. The quantitative estimate of drug-likeness (QED) is 0.246. The largest absolute Gasteiger partial charge is 0.500 e. The van der Waals surface area contributed by atoms with Crippen LogP contribution in [0.2, 0.25) is 12.1 Å². The number of unbranched alkanes of at least 4 members (excludes halogenated alkanes) is 1. The van der Waals surface area contributed by atoms with Gasteiger partial charge < -0.3 is 18.0 Å². The first kappa shape index (κ1) is 18.5. The van der Waals surface area contributed by atoms with Gasteiger partial charge in [-0.1, -0.05) is 6.58 Å². The van der Waals surface area contributed by atoms with Crippen molar-refractivity contribution < 1.29 is 22.8 Å². The molecule has 0 aromatic heterocycles. The first-order valence-corrected chi connectivity index (χ1v) is 9.92. The lowest BCUT2D eigenvalue weighted by atomic mass is 10.3. The zero-order valence-electron chi connectivity index (χ0n) is 12.5. The highest BCUT2D eigenvalue weighted by Crippen LogP contribution is 2.17. The molecule has 112 valence electrons. The number of rotatable bonds is 11. The van der Waals surface area contributed by atoms with E-state index in [9.17, 15) is 4.79 Å². The lowest BCUT2D eigenvalue weighted by Crippen LogP contribution is -2.44. The standard InChI is InChI=1S/C12H26O5Si2/c1-11(2)12(13)16-7-5-6-10-19(14-3,15-4)17-8-9-18/h1,5-10H2,2-4,18H3. The molecule has 0 aliphatic rings. The zero-order valence-corrected chi connectivity index (χ0v) is 15.5. The van der Waals surface area contributed by atoms with E-state index < -0.39 is 8.80 Å². The van der Waals surface area contributed by atoms with Gasteiger partial charge in [-0.25, -0.2) is 4.79 Å². The molecule has 7 heteroatoms. The van der Waals surface area contributed by atoms with Crippen molar-refractivity contribution in [2.75, 3.05) is 27.4 Å². The molecule has 0 aliphatic carbocycles. The normalized spacial score (nSPS) is 11.5. The van der Waals surface area contributed by atoms with Gasteiger partial charge in [0.15, 0.2) is 0 Å². The van der Waals surface area contributed by atoms with Crippen LogP contribution in [0.1, 0.15) is 19.8 Å². The summed E-state index contributed by atoms with van der Waals surface area (Å²) in [6, 6.07) is 1.81. The fraction of sp³-hybridized carbons (Fsp3) is 0.750. The van der Waals surface area contributed by atoms with E-state index in [1.54, 1.807) is 21.1 Å². The smallest absolute Gasteiger partial charge is 0.462 e. The van der Waals surface area contributed by atoms with Gasteiger partial charge in [-0.05, 0) is 25.8 Å². The molecular weight excluding hydrogens is 280 g/mol. The number of carbonyl (C=O) groups is 1. The molecule has 0 atom stereocenters. The van der Waals surface area contributed by atoms with Crippen molar-refractivity contribution in [3.8, 4) is 0 Å². The Bertz CT molecular complexity index is 279. The van der Waals surface area contributed by atoms with E-state index in [0.717, 1.165) is 35.2 Å². The third-order valence-electron chi connectivity index (χ3n) is 2.61. The van der Waals surface area contributed by atoms with Crippen LogP contribution in [0.4, 0.5) is 0 Å². The minimum atomic E-state index is -2.50. The summed E-state index contributed by atoms with van der Waals surface area (Å²) in [7, 11) is 1.87. The summed E-state index contributed by atoms with van der Waals surface area (Å²) < 4.78 is 21.7. The minimum absolute atomic E-state index is 0.339. The Morgan fingerprint density at radius 1 is 1.21 bits per heavy atom. The van der Waals surface area contributed by atoms with E-state index in [0.29, 0.717) is 18.8 Å². The lowest BCUT2D eigenvalue weighted by Gasteiger charge is -2.26. The molecule has 5 nitrogen and oxygen atoms in total. The van der Waals surface area contributed by atoms with E-state index >= 15 is 0 Å². The summed E-state index contributed by atoms with van der Waals surface area (Å²) in [4.78, 5) is 11.2. The van der Waals surface area contributed by atoms with Gasteiger partial charge in [0.2, 0.25) is 0 Å². The Hall–Kier alpha value is -0.476. The predicted molar refractivity (Wildman–Crippen MR) is 80.3 cm³/mol. The van der Waals surface area contributed by atoms with Gasteiger partial charge in [-0.15, -0.1) is 0 Å². The molecule has 0 amide bonds. The number of ether oxygens (including phenoxy) is 1. The summed E-state index contributed by atoms with van der Waals surface area (Å²) >= 11 is 0. The highest BCUT2D eigenvalue weighted by molar-refractivity contribution is 6.60. The van der Waals surface area contributed by atoms with E-state index in [-0.39, 0.29) is 5.97 Å². The monoisotopic (exact) mass is 306 g/mol. The Labute approximate surface area is 120 Å². The molecule has 0 rings (SSSR count). The Balaban J connectivity index is 3.93. The molecule has 0 N–H and O–H groups in total. The van der Waals surface area contributed by atoms with Gasteiger partial charge in [0.1, 0.15) is 0 Å². The van der Waals surface area contributed by atoms with Crippen molar-refractivity contribution in [1.29, 1.82) is 0 Å². The van der Waals surface area contributed by atoms with Gasteiger partial charge in [-0.3, -0.25) is 0 Å². The summed E-state index contributed by atoms with van der Waals surface area (Å²) in [6.07, 6.45) is 1.61. The van der Waals surface area contributed by atoms with Gasteiger partial charge >= 0.3 is 14.8 Å². The van der Waals surface area contributed by atoms with Crippen molar-refractivity contribution in [1.82, 2.24) is 0 Å². The molecule has 0 spiro atoms. The van der Waals surface area contributed by atoms with Crippen LogP contribution >= 0.6 is 0 Å². The van der Waals surface area contributed by atoms with Crippen LogP contribution in [-0.2, 0) is 22.8 Å². The van der Waals surface area contributed by atoms with Gasteiger partial charge in [0, 0.05) is 42.7 Å². The fourth-order valence-electron chi connectivity index (χ4n) is 1.47. The Morgan fingerprint density at radius 3 is 2.32 bits per heavy atom. The van der Waals surface area contributed by atoms with Crippen molar-refractivity contribution >= 4 is 25.0 Å². The van der Waals surface area contributed by atoms with Crippen molar-refractivity contribution in [2.45, 2.75) is 31.9 Å². The number of esters is 1. The molecule has 0 radical (unpaired) electrons. The Kier molecular flexibility index (Phi) is 10.1. The molecule has 0 aliphatic heterocycles. The van der Waals surface area contributed by atoms with E-state index in [2.05, 4.69) is 6.58 Å². The maximum Gasteiger partial charge on any atom is 0.500 e. The SMILES string of the molecule is C=C(C)C(=O)OCCCC[Si](OC)(OC)OCC[SiH3]. The van der Waals surface area contributed by atoms with Crippen LogP contribution in [0, 0.1) is 0 Å². The number of carbonyl (C=O) groups excluding carboxylic acids is 1. The van der Waals surface area contributed by atoms with Crippen LogP contribution in [0.5, 0.6) is 0 Å². The molecule has 0 aromatic carbocycles. The van der Waals surface area contributed by atoms with E-state index in [1.807, 2.05) is 0 Å². The maximum absolute atomic E-state index is 11.2. The van der Waals surface area contributed by atoms with Crippen LogP contribution < -0.4 is 0 Å². The van der Waals surface area contributed by atoms with Gasteiger partial charge in [0.05, 0.1) is 6.61 Å². The summed E-state index contributed by atoms with van der Waals surface area (Å²) in [5, 5.41) is 0. The number of hydrogen-bond donors (Lipinski definition) is 0. The average molecular weight is 307 g/mol. The second-order valence-electron chi connectivity index (χ2n) is 4.31. The highest BCUT2D eigenvalue weighted by atomic mass is 28.4. The molecule has 0 unspecified atom stereocenters. The van der Waals surface area contributed by atoms with Crippen molar-refractivity contribution in [2.24, 2.45) is 0 Å². The zero-order chi connectivity index (χ0) is 14.7. The molecule has 0 fully saturated rings. The summed E-state index contributed by atoms with van der Waals surface area (Å²) in [5.74, 6) is -0.339. The minimum Gasteiger partial charge on any atom is -0.462 e. The van der Waals surface area contributed by atoms with Crippen LogP contribution in [0.15, 0.2) is 12.2 Å². The first-order chi connectivity index (χ1) is 9.01. The van der Waals surface area contributed by atoms with E-state index in [1.165, 1.54) is 0 Å². The van der Waals surface area contributed by atoms with Crippen LogP contribution in [0.3, 0.4) is 0 Å². The van der Waals surface area contributed by atoms with Gasteiger partial charge in [0.25, 0.3) is 0 Å². The summed E-state index contributed by atoms with van der Waals surface area (Å²) in [6.45, 7) is 6.26. The third-order valence-corrected chi connectivity index (χ3v) is 5.87. The number of hydrogen-bond acceptors (Lipinski definition) is 5. The second-order valence-corrected chi connectivity index (χ2v) is 8.28. The first-order valence-electron chi connectivity index (χ1n) is 6.58.